The molecule has 2 aliphatic heterocycles. The zero-order chi connectivity index (χ0) is 17.0. The molecule has 1 aromatic carbocycles. The number of rotatable bonds is 4. The number of carbonyl (C=O) groups is 1. The van der Waals surface area contributed by atoms with Crippen molar-refractivity contribution in [1.29, 1.82) is 0 Å². The number of amides is 1. The van der Waals surface area contributed by atoms with Gasteiger partial charge in [0.15, 0.2) is 0 Å². The first-order valence-corrected chi connectivity index (χ1v) is 10.2. The van der Waals surface area contributed by atoms with Crippen LogP contribution in [-0.2, 0) is 14.8 Å². The molecule has 1 amide bonds. The van der Waals surface area contributed by atoms with Crippen molar-refractivity contribution < 1.29 is 13.2 Å². The smallest absolute Gasteiger partial charge is 0.243 e. The van der Waals surface area contributed by atoms with Gasteiger partial charge in [0.05, 0.1) is 10.9 Å². The highest BCUT2D eigenvalue weighted by molar-refractivity contribution is 7.89. The molecule has 2 heterocycles. The zero-order valence-electron chi connectivity index (χ0n) is 13.8. The van der Waals surface area contributed by atoms with E-state index in [0.29, 0.717) is 18.8 Å². The number of hydrogen-bond donors (Lipinski definition) is 2. The summed E-state index contributed by atoms with van der Waals surface area (Å²) < 4.78 is 27.0. The molecule has 0 aromatic heterocycles. The Labute approximate surface area is 143 Å². The molecule has 2 saturated heterocycles. The Bertz CT molecular complexity index is 678. The Hall–Kier alpha value is -1.44. The second-order valence-corrected chi connectivity index (χ2v) is 8.42. The molecule has 0 saturated carbocycles. The summed E-state index contributed by atoms with van der Waals surface area (Å²) in [6.45, 7) is 2.00. The van der Waals surface area contributed by atoms with Crippen molar-refractivity contribution in [2.45, 2.75) is 49.5 Å². The lowest BCUT2D eigenvalue weighted by molar-refractivity contribution is -0.118. The second kappa shape index (κ2) is 7.63. The number of hydrogen-bond acceptors (Lipinski definition) is 4. The van der Waals surface area contributed by atoms with Crippen LogP contribution in [0.5, 0.6) is 0 Å². The van der Waals surface area contributed by atoms with Crippen LogP contribution in [0.15, 0.2) is 29.2 Å². The fourth-order valence-electron chi connectivity index (χ4n) is 3.29. The molecule has 24 heavy (non-hydrogen) atoms. The normalized spacial score (nSPS) is 22.9. The molecular formula is C17H25N3O3S. The molecule has 0 spiro atoms. The summed E-state index contributed by atoms with van der Waals surface area (Å²) >= 11 is 0. The number of nitrogens with one attached hydrogen (secondary N) is 2. The summed E-state index contributed by atoms with van der Waals surface area (Å²) in [6, 6.07) is 6.38. The van der Waals surface area contributed by atoms with Gasteiger partial charge >= 0.3 is 0 Å². The third-order valence-electron chi connectivity index (χ3n) is 4.68. The minimum absolute atomic E-state index is 0.0952. The second-order valence-electron chi connectivity index (χ2n) is 6.48. The number of sulfonamides is 1. The number of nitrogens with zero attached hydrogens (tertiary/aromatic N) is 1. The fraction of sp³-hybridized carbons (Fsp3) is 0.588. The van der Waals surface area contributed by atoms with Crippen LogP contribution >= 0.6 is 0 Å². The molecule has 0 radical (unpaired) electrons. The van der Waals surface area contributed by atoms with E-state index < -0.39 is 10.0 Å². The summed E-state index contributed by atoms with van der Waals surface area (Å²) in [4.78, 5) is 12.5. The van der Waals surface area contributed by atoms with E-state index in [1.165, 1.54) is 0 Å². The van der Waals surface area contributed by atoms with Crippen molar-refractivity contribution in [3.63, 3.8) is 0 Å². The van der Waals surface area contributed by atoms with Crippen LogP contribution in [0.1, 0.15) is 38.5 Å². The van der Waals surface area contributed by atoms with E-state index in [0.717, 1.165) is 45.1 Å². The lowest BCUT2D eigenvalue weighted by Gasteiger charge is -2.26. The van der Waals surface area contributed by atoms with E-state index in [-0.39, 0.29) is 16.8 Å². The van der Waals surface area contributed by atoms with Crippen molar-refractivity contribution in [3.05, 3.63) is 24.3 Å². The molecule has 1 unspecified atom stereocenters. The highest BCUT2D eigenvalue weighted by Gasteiger charge is 2.26. The summed E-state index contributed by atoms with van der Waals surface area (Å²) in [7, 11) is -3.48. The Morgan fingerprint density at radius 3 is 2.62 bits per heavy atom. The van der Waals surface area contributed by atoms with Gasteiger partial charge in [0.1, 0.15) is 0 Å². The van der Waals surface area contributed by atoms with Gasteiger partial charge in [-0.3, -0.25) is 4.79 Å². The summed E-state index contributed by atoms with van der Waals surface area (Å²) in [6.07, 6.45) is 5.84. The SMILES string of the molecule is O=C(Nc1cccc(S(=O)(=O)N2CCCCC2)c1)C1CCCCN1. The number of piperidine rings is 2. The van der Waals surface area contributed by atoms with Crippen molar-refractivity contribution in [3.8, 4) is 0 Å². The van der Waals surface area contributed by atoms with E-state index in [4.69, 9.17) is 0 Å². The number of benzene rings is 1. The van der Waals surface area contributed by atoms with Crippen molar-refractivity contribution in [1.82, 2.24) is 9.62 Å². The van der Waals surface area contributed by atoms with Gasteiger partial charge < -0.3 is 10.6 Å². The van der Waals surface area contributed by atoms with Crippen LogP contribution < -0.4 is 10.6 Å². The minimum Gasteiger partial charge on any atom is -0.325 e. The van der Waals surface area contributed by atoms with Gasteiger partial charge in [-0.1, -0.05) is 18.9 Å². The molecule has 7 heteroatoms. The Morgan fingerprint density at radius 1 is 1.12 bits per heavy atom. The van der Waals surface area contributed by atoms with E-state index in [1.54, 1.807) is 28.6 Å². The van der Waals surface area contributed by atoms with Gasteiger partial charge in [-0.15, -0.1) is 0 Å². The first-order valence-electron chi connectivity index (χ1n) is 8.72. The van der Waals surface area contributed by atoms with Crippen LogP contribution in [0.25, 0.3) is 0 Å². The molecule has 3 rings (SSSR count). The van der Waals surface area contributed by atoms with Crippen LogP contribution in [0.3, 0.4) is 0 Å². The van der Waals surface area contributed by atoms with Gasteiger partial charge in [0, 0.05) is 18.8 Å². The molecule has 1 aromatic rings. The first-order chi connectivity index (χ1) is 11.6. The van der Waals surface area contributed by atoms with Crippen molar-refractivity contribution in [2.24, 2.45) is 0 Å². The van der Waals surface area contributed by atoms with Gasteiger partial charge in [0.2, 0.25) is 15.9 Å². The summed E-state index contributed by atoms with van der Waals surface area (Å²) in [5.41, 5.74) is 0.533. The molecule has 2 N–H and O–H groups in total. The molecule has 1 atom stereocenters. The minimum atomic E-state index is -3.48. The monoisotopic (exact) mass is 351 g/mol. The predicted octanol–water partition coefficient (Wildman–Crippen LogP) is 1.94. The van der Waals surface area contributed by atoms with Crippen molar-refractivity contribution in [2.75, 3.05) is 25.0 Å². The maximum absolute atomic E-state index is 12.7. The molecule has 0 bridgehead atoms. The Balaban J connectivity index is 1.72. The van der Waals surface area contributed by atoms with Gasteiger partial charge in [-0.05, 0) is 50.4 Å². The summed E-state index contributed by atoms with van der Waals surface area (Å²) in [5.74, 6) is -0.0952. The van der Waals surface area contributed by atoms with E-state index in [9.17, 15) is 13.2 Å². The average Bonchev–Trinajstić information content (AvgIpc) is 2.63. The number of anilines is 1. The van der Waals surface area contributed by atoms with Crippen molar-refractivity contribution >= 4 is 21.6 Å². The molecule has 2 fully saturated rings. The molecule has 132 valence electrons. The zero-order valence-corrected chi connectivity index (χ0v) is 14.6. The standard InChI is InChI=1S/C17H25N3O3S/c21-17(16-9-2-3-10-18-16)19-14-7-6-8-15(13-14)24(22,23)20-11-4-1-5-12-20/h6-8,13,16,18H,1-5,9-12H2,(H,19,21). The fourth-order valence-corrected chi connectivity index (χ4v) is 4.86. The lowest BCUT2D eigenvalue weighted by Crippen LogP contribution is -2.43. The predicted molar refractivity (Wildman–Crippen MR) is 93.3 cm³/mol. The van der Waals surface area contributed by atoms with E-state index in [2.05, 4.69) is 10.6 Å². The molecule has 0 aliphatic carbocycles. The average molecular weight is 351 g/mol. The molecule has 6 nitrogen and oxygen atoms in total. The van der Waals surface area contributed by atoms with Crippen LogP contribution in [0, 0.1) is 0 Å². The molecule has 2 aliphatic rings. The Morgan fingerprint density at radius 2 is 1.92 bits per heavy atom. The van der Waals surface area contributed by atoms with Crippen LogP contribution in [0.2, 0.25) is 0 Å². The van der Waals surface area contributed by atoms with E-state index in [1.807, 2.05) is 0 Å². The molecular weight excluding hydrogens is 326 g/mol. The Kier molecular flexibility index (Phi) is 5.53. The van der Waals surface area contributed by atoms with Crippen LogP contribution in [0.4, 0.5) is 5.69 Å². The highest BCUT2D eigenvalue weighted by atomic mass is 32.2. The van der Waals surface area contributed by atoms with Gasteiger partial charge in [0.25, 0.3) is 0 Å². The largest absolute Gasteiger partial charge is 0.325 e. The summed E-state index contributed by atoms with van der Waals surface area (Å²) in [5, 5.41) is 6.04. The van der Waals surface area contributed by atoms with Crippen LogP contribution in [-0.4, -0.2) is 44.3 Å². The highest BCUT2D eigenvalue weighted by Crippen LogP contribution is 2.23. The maximum atomic E-state index is 12.7. The van der Waals surface area contributed by atoms with Gasteiger partial charge in [-0.25, -0.2) is 8.42 Å². The van der Waals surface area contributed by atoms with E-state index >= 15 is 0 Å². The third kappa shape index (κ3) is 3.96. The lowest BCUT2D eigenvalue weighted by atomic mass is 10.0. The third-order valence-corrected chi connectivity index (χ3v) is 6.58. The number of carbonyl (C=O) groups excluding carboxylic acids is 1. The van der Waals surface area contributed by atoms with Gasteiger partial charge in [-0.2, -0.15) is 4.31 Å². The quantitative estimate of drug-likeness (QED) is 0.869. The first kappa shape index (κ1) is 17.4. The maximum Gasteiger partial charge on any atom is 0.243 e. The topological polar surface area (TPSA) is 78.5 Å².